The maximum absolute atomic E-state index is 2.87. The molecule has 1 saturated heterocycles. The van der Waals surface area contributed by atoms with Gasteiger partial charge in [0.15, 0.2) is 0 Å². The molecule has 1 heterocycles. The predicted molar refractivity (Wildman–Crippen MR) is 224 cm³/mol. The van der Waals surface area contributed by atoms with Crippen molar-refractivity contribution in [3.8, 4) is 0 Å². The predicted octanol–water partition coefficient (Wildman–Crippen LogP) is 12.0. The van der Waals surface area contributed by atoms with Crippen LogP contribution in [0.15, 0.2) is 91.0 Å². The number of fused-ring (bicyclic) bond motifs is 1. The van der Waals surface area contributed by atoms with Crippen LogP contribution in [0.2, 0.25) is 0 Å². The number of rotatable bonds is 2. The molecule has 0 aromatic heterocycles. The van der Waals surface area contributed by atoms with E-state index in [0.29, 0.717) is 11.8 Å². The van der Waals surface area contributed by atoms with Gasteiger partial charge >= 0.3 is 0 Å². The average Bonchev–Trinajstić information content (AvgIpc) is 4.05. The van der Waals surface area contributed by atoms with Gasteiger partial charge in [-0.1, -0.05) is 72.8 Å². The number of para-hydroxylation sites is 1. The first-order valence-corrected chi connectivity index (χ1v) is 20.2. The number of hydrogen-bond donors (Lipinski definition) is 0. The lowest BCUT2D eigenvalue weighted by atomic mass is 9.55. The first-order valence-electron chi connectivity index (χ1n) is 20.2. The Morgan fingerprint density at radius 3 is 1.81 bits per heavy atom. The van der Waals surface area contributed by atoms with Gasteiger partial charge in [-0.3, -0.25) is 0 Å². The zero-order chi connectivity index (χ0) is 33.6. The molecule has 0 amide bonds. The van der Waals surface area contributed by atoms with Crippen molar-refractivity contribution in [3.63, 3.8) is 0 Å². The Hall–Kier alpha value is -6.18. The van der Waals surface area contributed by atoms with E-state index in [1.54, 1.807) is 136 Å². The molecule has 242 valence electrons. The summed E-state index contributed by atoms with van der Waals surface area (Å²) in [6, 6.07) is 36.6. The highest BCUT2D eigenvalue weighted by Gasteiger charge is 2.65. The van der Waals surface area contributed by atoms with Gasteiger partial charge in [-0.2, -0.15) is 0 Å². The van der Waals surface area contributed by atoms with E-state index in [9.17, 15) is 0 Å². The molecule has 54 heavy (non-hydrogen) atoms. The molecule has 4 unspecified atom stereocenters. The SMILES string of the molecule is C1=c2cc3cc4cc5c6c4c4c3c3c2C2c7c8c(cc9c%10c%11c(cc(c%12c%11c%11c(c7c3c4c%11c6%12)c8%10)C5)C9)C3CN(c4ccccc4)C(c4ccccc4)C132. The van der Waals surface area contributed by atoms with Gasteiger partial charge in [-0.15, -0.1) is 0 Å². The van der Waals surface area contributed by atoms with Gasteiger partial charge in [0.25, 0.3) is 0 Å². The van der Waals surface area contributed by atoms with E-state index in [1.165, 1.54) is 27.2 Å². The lowest BCUT2D eigenvalue weighted by molar-refractivity contribution is 0.303. The Labute approximate surface area is 306 Å². The lowest BCUT2D eigenvalue weighted by Crippen LogP contribution is -2.38. The summed E-state index contributed by atoms with van der Waals surface area (Å²) in [6.45, 7) is 1.03. The summed E-state index contributed by atoms with van der Waals surface area (Å²) >= 11 is 0. The topological polar surface area (TPSA) is 3.24 Å². The molecule has 1 fully saturated rings. The fourth-order valence-corrected chi connectivity index (χ4v) is 16.0. The zero-order valence-electron chi connectivity index (χ0n) is 29.0. The average molecular weight is 676 g/mol. The number of anilines is 1. The zero-order valence-corrected chi connectivity index (χ0v) is 29.0. The van der Waals surface area contributed by atoms with Gasteiger partial charge in [0, 0.05) is 29.5 Å². The van der Waals surface area contributed by atoms with Crippen LogP contribution in [0.1, 0.15) is 62.4 Å². The van der Waals surface area contributed by atoms with Crippen molar-refractivity contribution in [2.45, 2.75) is 30.7 Å². The summed E-state index contributed by atoms with van der Waals surface area (Å²) in [6.07, 6.45) is 5.00. The molecule has 1 nitrogen and oxygen atoms in total. The minimum absolute atomic E-state index is 0.113. The van der Waals surface area contributed by atoms with Crippen LogP contribution < -0.4 is 10.1 Å². The molecule has 1 aliphatic heterocycles. The molecule has 6 aliphatic rings. The third-order valence-electron chi connectivity index (χ3n) is 17.0. The molecular formula is C53H25N. The molecule has 5 aliphatic carbocycles. The maximum atomic E-state index is 2.87. The second-order valence-corrected chi connectivity index (χ2v) is 18.5. The van der Waals surface area contributed by atoms with Crippen LogP contribution in [0, 0.1) is 5.41 Å². The largest absolute Gasteiger partial charge is 0.363 e. The van der Waals surface area contributed by atoms with Gasteiger partial charge < -0.3 is 4.90 Å². The minimum Gasteiger partial charge on any atom is -0.363 e. The third kappa shape index (κ3) is 1.89. The normalized spacial score (nSPS) is 24.1. The summed E-state index contributed by atoms with van der Waals surface area (Å²) in [5, 5.41) is 33.6. The molecule has 0 saturated carbocycles. The van der Waals surface area contributed by atoms with Crippen molar-refractivity contribution in [1.29, 1.82) is 0 Å². The summed E-state index contributed by atoms with van der Waals surface area (Å²) in [5.74, 6) is 0.701. The molecule has 13 aromatic carbocycles. The maximum Gasteiger partial charge on any atom is 0.0649 e. The lowest BCUT2D eigenvalue weighted by Gasteiger charge is -2.46. The first kappa shape index (κ1) is 24.2. The van der Waals surface area contributed by atoms with Gasteiger partial charge in [-0.25, -0.2) is 0 Å². The van der Waals surface area contributed by atoms with Crippen LogP contribution in [0.4, 0.5) is 5.69 Å². The number of benzene rings is 9. The van der Waals surface area contributed by atoms with Gasteiger partial charge in [0.1, 0.15) is 0 Å². The van der Waals surface area contributed by atoms with Crippen molar-refractivity contribution in [2.24, 2.45) is 5.41 Å². The second-order valence-electron chi connectivity index (χ2n) is 18.5. The van der Waals surface area contributed by atoms with E-state index in [4.69, 9.17) is 0 Å². The molecule has 1 heteroatoms. The Balaban J connectivity index is 1.16. The Kier molecular flexibility index (Phi) is 3.02. The molecule has 19 rings (SSSR count). The smallest absolute Gasteiger partial charge is 0.0649 e. The molecule has 13 aromatic rings. The van der Waals surface area contributed by atoms with Crippen LogP contribution in [-0.4, -0.2) is 6.54 Å². The van der Waals surface area contributed by atoms with E-state index in [0.717, 1.165) is 19.4 Å². The summed E-state index contributed by atoms with van der Waals surface area (Å²) < 4.78 is 0. The van der Waals surface area contributed by atoms with Crippen molar-refractivity contribution in [2.75, 3.05) is 11.4 Å². The Morgan fingerprint density at radius 2 is 1.02 bits per heavy atom. The van der Waals surface area contributed by atoms with Crippen LogP contribution in [-0.2, 0) is 12.8 Å². The number of hydrogen-bond acceptors (Lipinski definition) is 1. The van der Waals surface area contributed by atoms with Gasteiger partial charge in [0.2, 0.25) is 0 Å². The molecular weight excluding hydrogens is 651 g/mol. The van der Waals surface area contributed by atoms with Crippen LogP contribution in [0.5, 0.6) is 0 Å². The first-order chi connectivity index (χ1) is 26.8. The number of nitrogens with zero attached hydrogens (tertiary/aromatic N) is 1. The molecule has 0 bridgehead atoms. The van der Waals surface area contributed by atoms with E-state index in [-0.39, 0.29) is 11.5 Å². The summed E-state index contributed by atoms with van der Waals surface area (Å²) in [5.41, 5.74) is 14.0. The quantitative estimate of drug-likeness (QED) is 0.165. The van der Waals surface area contributed by atoms with Crippen LogP contribution in [0.25, 0.3) is 114 Å². The Morgan fingerprint density at radius 1 is 0.463 bits per heavy atom. The fourth-order valence-electron chi connectivity index (χ4n) is 16.0. The highest BCUT2D eigenvalue weighted by molar-refractivity contribution is 6.62. The van der Waals surface area contributed by atoms with Gasteiger partial charge in [-0.05, 0) is 195 Å². The van der Waals surface area contributed by atoms with Crippen LogP contribution in [0.3, 0.4) is 0 Å². The molecule has 1 spiro atoms. The molecule has 0 N–H and O–H groups in total. The second kappa shape index (κ2) is 6.73. The molecule has 0 radical (unpaired) electrons. The van der Waals surface area contributed by atoms with Crippen molar-refractivity contribution >= 4 is 119 Å². The van der Waals surface area contributed by atoms with E-state index in [1.807, 2.05) is 0 Å². The standard InChI is InChI=1S/C53H25N/c1-3-7-20(8-4-1)52-53-18-27-16-25-14-22-11-21-12-24-13-23-15-26-17-29(30(53)19-54(52)28-9-5-2-6-10-28)38-43-34(26)33(23)40-35(24)39-31(21)32(22)41-36(25)42-37(27)51(53)50(38)49-47(42)45(41)44(39)46(40)48(43)49/h1-11,13-14,16-18,30,51-52H,12,15,19H2. The Bertz CT molecular complexity index is 4100. The van der Waals surface area contributed by atoms with Crippen LogP contribution >= 0.6 is 0 Å². The van der Waals surface area contributed by atoms with E-state index >= 15 is 0 Å². The van der Waals surface area contributed by atoms with E-state index < -0.39 is 0 Å². The van der Waals surface area contributed by atoms with E-state index in [2.05, 4.69) is 102 Å². The van der Waals surface area contributed by atoms with Gasteiger partial charge in [0.05, 0.1) is 6.04 Å². The highest BCUT2D eigenvalue weighted by Crippen LogP contribution is 2.76. The van der Waals surface area contributed by atoms with Crippen molar-refractivity contribution in [1.82, 2.24) is 0 Å². The summed E-state index contributed by atoms with van der Waals surface area (Å²) in [7, 11) is 0. The summed E-state index contributed by atoms with van der Waals surface area (Å²) in [4.78, 5) is 2.83. The van der Waals surface area contributed by atoms with Crippen molar-refractivity contribution < 1.29 is 0 Å². The highest BCUT2D eigenvalue weighted by atomic mass is 15.2. The molecule has 4 atom stereocenters. The van der Waals surface area contributed by atoms with Crippen molar-refractivity contribution in [3.05, 3.63) is 141 Å². The monoisotopic (exact) mass is 675 g/mol. The fraction of sp³-hybridized carbons (Fsp3) is 0.132. The minimum atomic E-state index is -0.113. The third-order valence-corrected chi connectivity index (χ3v) is 17.0.